The number of rotatable bonds is 5. The van der Waals surface area contributed by atoms with Gasteiger partial charge in [0.2, 0.25) is 0 Å². The summed E-state index contributed by atoms with van der Waals surface area (Å²) in [4.78, 5) is 21.7. The van der Waals surface area contributed by atoms with Crippen LogP contribution in [0, 0.1) is 0 Å². The number of hydrogen-bond donors (Lipinski definition) is 0. The molecule has 0 saturated carbocycles. The molecule has 5 aromatic rings. The van der Waals surface area contributed by atoms with Crippen LogP contribution in [0.3, 0.4) is 0 Å². The Bertz CT molecular complexity index is 1350. The number of fused-ring (bicyclic) bond motifs is 1. The van der Waals surface area contributed by atoms with Crippen molar-refractivity contribution in [1.82, 2.24) is 19.7 Å². The van der Waals surface area contributed by atoms with Gasteiger partial charge in [0.1, 0.15) is 6.61 Å². The Hall–Kier alpha value is -4.32. The Labute approximate surface area is 178 Å². The van der Waals surface area contributed by atoms with E-state index in [9.17, 15) is 4.79 Å². The monoisotopic (exact) mass is 406 g/mol. The van der Waals surface area contributed by atoms with E-state index in [1.165, 1.54) is 0 Å². The maximum Gasteiger partial charge on any atom is 0.339 e. The van der Waals surface area contributed by atoms with Gasteiger partial charge in [-0.2, -0.15) is 5.10 Å². The zero-order valence-corrected chi connectivity index (χ0v) is 16.6. The maximum atomic E-state index is 13.0. The van der Waals surface area contributed by atoms with Gasteiger partial charge in [-0.1, -0.05) is 36.4 Å². The van der Waals surface area contributed by atoms with Crippen LogP contribution in [-0.2, 0) is 11.3 Å². The Balaban J connectivity index is 1.41. The first-order chi connectivity index (χ1) is 15.3. The van der Waals surface area contributed by atoms with Crippen molar-refractivity contribution in [1.29, 1.82) is 0 Å². The smallest absolute Gasteiger partial charge is 0.339 e. The summed E-state index contributed by atoms with van der Waals surface area (Å²) in [5, 5.41) is 5.11. The predicted molar refractivity (Wildman–Crippen MR) is 118 cm³/mol. The number of para-hydroxylation sites is 2. The average Bonchev–Trinajstić information content (AvgIpc) is 3.32. The Morgan fingerprint density at radius 1 is 0.935 bits per heavy atom. The molecule has 0 amide bonds. The summed E-state index contributed by atoms with van der Waals surface area (Å²) in [5.41, 5.74) is 4.56. The first kappa shape index (κ1) is 18.7. The molecule has 0 spiro atoms. The lowest BCUT2D eigenvalue weighted by atomic mass is 10.0. The first-order valence-corrected chi connectivity index (χ1v) is 9.84. The summed E-state index contributed by atoms with van der Waals surface area (Å²) in [6.07, 6.45) is 6.96. The second-order valence-corrected chi connectivity index (χ2v) is 7.01. The zero-order valence-electron chi connectivity index (χ0n) is 16.6. The van der Waals surface area contributed by atoms with E-state index in [1.54, 1.807) is 29.3 Å². The van der Waals surface area contributed by atoms with Crippen molar-refractivity contribution in [2.45, 2.75) is 6.61 Å². The third-order valence-corrected chi connectivity index (χ3v) is 4.94. The minimum Gasteiger partial charge on any atom is -0.457 e. The fraction of sp³-hybridized carbons (Fsp3) is 0.0400. The molecule has 0 aliphatic carbocycles. The Morgan fingerprint density at radius 2 is 1.71 bits per heavy atom. The highest BCUT2D eigenvalue weighted by molar-refractivity contribution is 6.04. The first-order valence-electron chi connectivity index (χ1n) is 9.84. The van der Waals surface area contributed by atoms with Crippen molar-refractivity contribution in [3.8, 4) is 16.9 Å². The fourth-order valence-corrected chi connectivity index (χ4v) is 3.40. The van der Waals surface area contributed by atoms with Gasteiger partial charge >= 0.3 is 5.97 Å². The van der Waals surface area contributed by atoms with E-state index < -0.39 is 5.97 Å². The molecule has 0 fully saturated rings. The van der Waals surface area contributed by atoms with Gasteiger partial charge in [-0.05, 0) is 36.4 Å². The van der Waals surface area contributed by atoms with E-state index in [4.69, 9.17) is 9.72 Å². The van der Waals surface area contributed by atoms with E-state index in [2.05, 4.69) is 10.1 Å². The summed E-state index contributed by atoms with van der Waals surface area (Å²) < 4.78 is 7.39. The van der Waals surface area contributed by atoms with Crippen LogP contribution >= 0.6 is 0 Å². The molecule has 31 heavy (non-hydrogen) atoms. The number of aromatic nitrogens is 4. The van der Waals surface area contributed by atoms with Crippen LogP contribution in [0.1, 0.15) is 15.9 Å². The highest BCUT2D eigenvalue weighted by Crippen LogP contribution is 2.25. The van der Waals surface area contributed by atoms with Crippen LogP contribution in [0.5, 0.6) is 0 Å². The van der Waals surface area contributed by atoms with Gasteiger partial charge in [0, 0.05) is 35.1 Å². The molecule has 0 radical (unpaired) electrons. The largest absolute Gasteiger partial charge is 0.457 e. The summed E-state index contributed by atoms with van der Waals surface area (Å²) >= 11 is 0. The van der Waals surface area contributed by atoms with Crippen LogP contribution in [0.2, 0.25) is 0 Å². The summed E-state index contributed by atoms with van der Waals surface area (Å²) in [5.74, 6) is -0.402. The van der Waals surface area contributed by atoms with Crippen LogP contribution in [0.15, 0.2) is 97.6 Å². The number of esters is 1. The standard InChI is InChI=1S/C25H18N4O2/c30-25(31-17-18-15-27-29(16-18)20-6-2-1-3-7-20)22-14-24(19-10-12-26-13-11-19)28-23-9-5-4-8-21(22)23/h1-16H,17H2. The van der Waals surface area contributed by atoms with Crippen LogP contribution in [0.25, 0.3) is 27.8 Å². The summed E-state index contributed by atoms with van der Waals surface area (Å²) in [7, 11) is 0. The van der Waals surface area contributed by atoms with Crippen LogP contribution in [-0.4, -0.2) is 25.7 Å². The Kier molecular flexibility index (Phi) is 4.94. The third-order valence-electron chi connectivity index (χ3n) is 4.94. The Morgan fingerprint density at radius 3 is 2.55 bits per heavy atom. The number of ether oxygens (including phenoxy) is 1. The van der Waals surface area contributed by atoms with E-state index in [-0.39, 0.29) is 6.61 Å². The molecular weight excluding hydrogens is 388 g/mol. The van der Waals surface area contributed by atoms with E-state index in [1.807, 2.05) is 72.9 Å². The molecule has 150 valence electrons. The van der Waals surface area contributed by atoms with Gasteiger partial charge in [-0.3, -0.25) is 4.98 Å². The van der Waals surface area contributed by atoms with E-state index >= 15 is 0 Å². The van der Waals surface area contributed by atoms with Crippen molar-refractivity contribution in [3.63, 3.8) is 0 Å². The van der Waals surface area contributed by atoms with Crippen LogP contribution < -0.4 is 0 Å². The highest BCUT2D eigenvalue weighted by atomic mass is 16.5. The molecule has 5 rings (SSSR count). The number of carbonyl (C=O) groups excluding carboxylic acids is 1. The van der Waals surface area contributed by atoms with Gasteiger partial charge in [0.05, 0.1) is 28.7 Å². The van der Waals surface area contributed by atoms with Gasteiger partial charge in [-0.15, -0.1) is 0 Å². The normalized spacial score (nSPS) is 10.8. The van der Waals surface area contributed by atoms with Crippen molar-refractivity contribution in [2.75, 3.05) is 0 Å². The molecule has 6 heteroatoms. The molecule has 0 unspecified atom stereocenters. The zero-order chi connectivity index (χ0) is 21.0. The van der Waals surface area contributed by atoms with Crippen molar-refractivity contribution in [2.24, 2.45) is 0 Å². The molecule has 0 aliphatic rings. The molecular formula is C25H18N4O2. The van der Waals surface area contributed by atoms with Gasteiger partial charge in [0.15, 0.2) is 0 Å². The number of nitrogens with zero attached hydrogens (tertiary/aromatic N) is 4. The lowest BCUT2D eigenvalue weighted by Crippen LogP contribution is -2.07. The fourth-order valence-electron chi connectivity index (χ4n) is 3.40. The summed E-state index contributed by atoms with van der Waals surface area (Å²) in [6.45, 7) is 0.132. The number of pyridine rings is 2. The average molecular weight is 406 g/mol. The van der Waals surface area contributed by atoms with Crippen LogP contribution in [0.4, 0.5) is 0 Å². The van der Waals surface area contributed by atoms with Gasteiger partial charge in [-0.25, -0.2) is 14.5 Å². The molecule has 0 N–H and O–H groups in total. The number of hydrogen-bond acceptors (Lipinski definition) is 5. The van der Waals surface area contributed by atoms with Gasteiger partial charge < -0.3 is 4.74 Å². The van der Waals surface area contributed by atoms with Crippen molar-refractivity contribution < 1.29 is 9.53 Å². The third kappa shape index (κ3) is 3.91. The molecule has 0 aliphatic heterocycles. The molecule has 3 heterocycles. The number of benzene rings is 2. The molecule has 2 aromatic carbocycles. The molecule has 3 aromatic heterocycles. The second-order valence-electron chi connectivity index (χ2n) is 7.01. The topological polar surface area (TPSA) is 69.9 Å². The van der Waals surface area contributed by atoms with Crippen molar-refractivity contribution >= 4 is 16.9 Å². The summed E-state index contributed by atoms with van der Waals surface area (Å²) in [6, 6.07) is 22.8. The lowest BCUT2D eigenvalue weighted by Gasteiger charge is -2.09. The van der Waals surface area contributed by atoms with Crippen molar-refractivity contribution in [3.05, 3.63) is 109 Å². The predicted octanol–water partition coefficient (Wildman–Crippen LogP) is 4.84. The van der Waals surface area contributed by atoms with E-state index in [0.717, 1.165) is 27.7 Å². The highest BCUT2D eigenvalue weighted by Gasteiger charge is 2.16. The molecule has 6 nitrogen and oxygen atoms in total. The second kappa shape index (κ2) is 8.20. The minimum atomic E-state index is -0.402. The van der Waals surface area contributed by atoms with E-state index in [0.29, 0.717) is 11.3 Å². The maximum absolute atomic E-state index is 13.0. The number of carbonyl (C=O) groups is 1. The lowest BCUT2D eigenvalue weighted by molar-refractivity contribution is 0.0475. The molecule has 0 atom stereocenters. The van der Waals surface area contributed by atoms with Gasteiger partial charge in [0.25, 0.3) is 0 Å². The SMILES string of the molecule is O=C(OCc1cnn(-c2ccccc2)c1)c1cc(-c2ccncc2)nc2ccccc12. The molecule has 0 saturated heterocycles. The molecule has 0 bridgehead atoms. The quantitative estimate of drug-likeness (QED) is 0.391. The minimum absolute atomic E-state index is 0.132.